The van der Waals surface area contributed by atoms with Crippen molar-refractivity contribution in [3.8, 4) is 17.3 Å². The molecular weight excluding hydrogens is 567 g/mol. The van der Waals surface area contributed by atoms with Gasteiger partial charge >= 0.3 is 6.01 Å². The van der Waals surface area contributed by atoms with Crippen molar-refractivity contribution < 1.29 is 13.9 Å². The van der Waals surface area contributed by atoms with Gasteiger partial charge in [0.05, 0.1) is 10.9 Å². The lowest BCUT2D eigenvalue weighted by molar-refractivity contribution is -0.129. The molecule has 8 nitrogen and oxygen atoms in total. The van der Waals surface area contributed by atoms with Gasteiger partial charge in [-0.05, 0) is 88.1 Å². The van der Waals surface area contributed by atoms with Gasteiger partial charge in [-0.3, -0.25) is 14.7 Å². The normalized spacial score (nSPS) is 24.5. The Kier molecular flexibility index (Phi) is 6.60. The number of anilines is 1. The molecule has 224 valence electrons. The Morgan fingerprint density at radius 3 is 2.56 bits per heavy atom. The van der Waals surface area contributed by atoms with Gasteiger partial charge in [0, 0.05) is 42.0 Å². The number of nitrogens with zero attached hydrogens (tertiary/aromatic N) is 6. The zero-order chi connectivity index (χ0) is 29.3. The van der Waals surface area contributed by atoms with E-state index in [1.807, 2.05) is 23.1 Å². The third kappa shape index (κ3) is 4.49. The van der Waals surface area contributed by atoms with Crippen LogP contribution in [0.5, 0.6) is 6.01 Å². The fourth-order valence-electron chi connectivity index (χ4n) is 8.25. The monoisotopic (exact) mass is 602 g/mol. The largest absolute Gasteiger partial charge is 0.461 e. The molecule has 2 bridgehead atoms. The van der Waals surface area contributed by atoms with Gasteiger partial charge in [0.2, 0.25) is 5.91 Å². The van der Waals surface area contributed by atoms with Crippen molar-refractivity contribution in [3.05, 3.63) is 53.5 Å². The first-order chi connectivity index (χ1) is 21.0. The second kappa shape index (κ2) is 10.4. The molecule has 1 amide bonds. The number of ether oxygens (including phenoxy) is 1. The Labute approximate surface area is 255 Å². The molecule has 43 heavy (non-hydrogen) atoms. The topological polar surface area (TPSA) is 74.7 Å². The van der Waals surface area contributed by atoms with E-state index in [1.54, 1.807) is 6.20 Å². The Morgan fingerprint density at radius 1 is 1.12 bits per heavy atom. The number of benzene rings is 1. The van der Waals surface area contributed by atoms with E-state index < -0.39 is 5.82 Å². The van der Waals surface area contributed by atoms with Crippen LogP contribution >= 0.6 is 11.6 Å². The third-order valence-electron chi connectivity index (χ3n) is 10.4. The summed E-state index contributed by atoms with van der Waals surface area (Å²) >= 11 is 6.62. The fraction of sp³-hybridized carbons (Fsp3) is 0.515. The van der Waals surface area contributed by atoms with Crippen molar-refractivity contribution >= 4 is 34.2 Å². The molecule has 8 rings (SSSR count). The summed E-state index contributed by atoms with van der Waals surface area (Å²) in [6.45, 7) is 7.58. The number of rotatable bonds is 7. The van der Waals surface area contributed by atoms with Gasteiger partial charge in [0.25, 0.3) is 0 Å². The second-order valence-corrected chi connectivity index (χ2v) is 13.3. The molecule has 4 aliphatic heterocycles. The van der Waals surface area contributed by atoms with Gasteiger partial charge < -0.3 is 14.5 Å². The number of halogens is 2. The molecule has 5 aliphatic rings. The van der Waals surface area contributed by atoms with E-state index in [2.05, 4.69) is 21.4 Å². The number of carbonyl (C=O) groups is 1. The van der Waals surface area contributed by atoms with Crippen LogP contribution in [0.3, 0.4) is 0 Å². The van der Waals surface area contributed by atoms with Crippen LogP contribution in [0.4, 0.5) is 10.2 Å². The molecule has 1 aliphatic carbocycles. The van der Waals surface area contributed by atoms with Crippen LogP contribution < -0.4 is 9.64 Å². The molecular formula is C33H36ClFN6O2. The Morgan fingerprint density at radius 2 is 1.86 bits per heavy atom. The van der Waals surface area contributed by atoms with Crippen molar-refractivity contribution in [2.45, 2.75) is 74.9 Å². The number of hydrogen-bond donors (Lipinski definition) is 0. The van der Waals surface area contributed by atoms with Crippen LogP contribution in [0.1, 0.15) is 62.8 Å². The highest BCUT2D eigenvalue weighted by Gasteiger charge is 2.46. The Bertz CT molecular complexity index is 1600. The molecule has 4 saturated heterocycles. The van der Waals surface area contributed by atoms with Crippen LogP contribution in [-0.2, 0) is 4.79 Å². The van der Waals surface area contributed by atoms with Gasteiger partial charge in [-0.1, -0.05) is 30.3 Å². The Balaban J connectivity index is 1.21. The zero-order valence-corrected chi connectivity index (χ0v) is 25.0. The smallest absolute Gasteiger partial charge is 0.319 e. The van der Waals surface area contributed by atoms with Gasteiger partial charge in [0.15, 0.2) is 5.82 Å². The number of carbonyl (C=O) groups excluding carboxylic acids is 1. The molecule has 3 aromatic rings. The molecule has 5 fully saturated rings. The second-order valence-electron chi connectivity index (χ2n) is 12.9. The quantitative estimate of drug-likeness (QED) is 0.320. The zero-order valence-electron chi connectivity index (χ0n) is 24.3. The van der Waals surface area contributed by atoms with Gasteiger partial charge in [-0.25, -0.2) is 4.39 Å². The summed E-state index contributed by atoms with van der Waals surface area (Å²) < 4.78 is 23.1. The summed E-state index contributed by atoms with van der Waals surface area (Å²) in [4.78, 5) is 33.6. The van der Waals surface area contributed by atoms with Crippen LogP contribution in [0.15, 0.2) is 37.1 Å². The summed E-state index contributed by atoms with van der Waals surface area (Å²) in [6.07, 6.45) is 11.5. The van der Waals surface area contributed by atoms with E-state index in [9.17, 15) is 4.79 Å². The molecule has 1 aromatic carbocycles. The molecule has 2 aromatic heterocycles. The van der Waals surface area contributed by atoms with Crippen LogP contribution in [-0.4, -0.2) is 81.1 Å². The summed E-state index contributed by atoms with van der Waals surface area (Å²) in [7, 11) is 0. The SMILES string of the molecule is C=CC(=O)N1C2CCC1CN(c1nc(OCC34CCCN3CCC4)nc3c(F)c(-c4cccc(Cl)c4C4CC4)ncc13)C2. The highest BCUT2D eigenvalue weighted by Crippen LogP contribution is 2.48. The predicted octanol–water partition coefficient (Wildman–Crippen LogP) is 5.73. The molecule has 6 heterocycles. The number of pyridine rings is 1. The predicted molar refractivity (Wildman–Crippen MR) is 164 cm³/mol. The van der Waals surface area contributed by atoms with E-state index in [-0.39, 0.29) is 40.8 Å². The average Bonchev–Trinajstić information content (AvgIpc) is 3.56. The number of hydrogen-bond acceptors (Lipinski definition) is 7. The number of piperazine rings is 1. The maximum absolute atomic E-state index is 16.7. The summed E-state index contributed by atoms with van der Waals surface area (Å²) in [5.41, 5.74) is 2.15. The molecule has 10 heteroatoms. The number of aromatic nitrogens is 3. The maximum Gasteiger partial charge on any atom is 0.319 e. The highest BCUT2D eigenvalue weighted by atomic mass is 35.5. The van der Waals surface area contributed by atoms with Crippen molar-refractivity contribution in [2.24, 2.45) is 0 Å². The van der Waals surface area contributed by atoms with E-state index >= 15 is 4.39 Å². The summed E-state index contributed by atoms with van der Waals surface area (Å²) in [5.74, 6) is 0.415. The maximum atomic E-state index is 16.7. The Hall–Kier alpha value is -3.30. The minimum Gasteiger partial charge on any atom is -0.461 e. The fourth-order valence-corrected chi connectivity index (χ4v) is 8.58. The molecule has 0 spiro atoms. The molecule has 0 N–H and O–H groups in total. The third-order valence-corrected chi connectivity index (χ3v) is 10.8. The average molecular weight is 603 g/mol. The molecule has 1 saturated carbocycles. The van der Waals surface area contributed by atoms with Crippen LogP contribution in [0.25, 0.3) is 22.2 Å². The van der Waals surface area contributed by atoms with E-state index in [0.29, 0.717) is 41.8 Å². The van der Waals surface area contributed by atoms with Crippen LogP contribution in [0.2, 0.25) is 5.02 Å². The van der Waals surface area contributed by atoms with Crippen molar-refractivity contribution in [1.82, 2.24) is 24.8 Å². The minimum absolute atomic E-state index is 0.0101. The highest BCUT2D eigenvalue weighted by molar-refractivity contribution is 6.32. The van der Waals surface area contributed by atoms with Crippen molar-refractivity contribution in [2.75, 3.05) is 37.7 Å². The molecule has 2 atom stereocenters. The van der Waals surface area contributed by atoms with E-state index in [4.69, 9.17) is 26.3 Å². The van der Waals surface area contributed by atoms with Gasteiger partial charge in [0.1, 0.15) is 23.6 Å². The van der Waals surface area contributed by atoms with Crippen LogP contribution in [0, 0.1) is 5.82 Å². The lowest BCUT2D eigenvalue weighted by Crippen LogP contribution is -2.55. The lowest BCUT2D eigenvalue weighted by atomic mass is 9.95. The summed E-state index contributed by atoms with van der Waals surface area (Å²) in [5, 5.41) is 1.20. The standard InChI is InChI=1S/C33H36ClFN6O2/c1-2-26(42)41-21-10-11-22(41)18-39(17-21)31-24-16-36-29(23-6-3-7-25(34)27(23)20-8-9-20)28(35)30(24)37-32(38-31)43-19-33-12-4-14-40(33)15-5-13-33/h2-3,6-7,16,20-22H,1,4-5,8-15,17-19H2. The van der Waals surface area contributed by atoms with Crippen molar-refractivity contribution in [1.29, 1.82) is 0 Å². The van der Waals surface area contributed by atoms with Gasteiger partial charge in [-0.2, -0.15) is 9.97 Å². The minimum atomic E-state index is -0.486. The first kappa shape index (κ1) is 27.3. The molecule has 0 radical (unpaired) electrons. The van der Waals surface area contributed by atoms with E-state index in [1.165, 1.54) is 6.08 Å². The lowest BCUT2D eigenvalue weighted by Gasteiger charge is -2.41. The summed E-state index contributed by atoms with van der Waals surface area (Å²) in [6, 6.07) is 5.90. The molecule has 2 unspecified atom stereocenters. The number of fused-ring (bicyclic) bond motifs is 4. The first-order valence-corrected chi connectivity index (χ1v) is 16.1. The van der Waals surface area contributed by atoms with Crippen molar-refractivity contribution in [3.63, 3.8) is 0 Å². The first-order valence-electron chi connectivity index (χ1n) is 15.7. The number of amides is 1. The van der Waals surface area contributed by atoms with E-state index in [0.717, 1.165) is 75.6 Å². The van der Waals surface area contributed by atoms with Gasteiger partial charge in [-0.15, -0.1) is 0 Å².